The summed E-state index contributed by atoms with van der Waals surface area (Å²) in [6.45, 7) is 3.02. The first kappa shape index (κ1) is 13.5. The molecule has 0 aromatic heterocycles. The molecule has 0 saturated carbocycles. The van der Waals surface area contributed by atoms with Gasteiger partial charge in [-0.3, -0.25) is 4.79 Å². The molecule has 4 heteroatoms. The highest BCUT2D eigenvalue weighted by Gasteiger charge is 2.34. The maximum atomic E-state index is 10.9. The summed E-state index contributed by atoms with van der Waals surface area (Å²) in [5, 5.41) is 19.1. The van der Waals surface area contributed by atoms with E-state index >= 15 is 0 Å². The minimum Gasteiger partial charge on any atom is -0.496 e. The van der Waals surface area contributed by atoms with Crippen molar-refractivity contribution in [2.75, 3.05) is 7.11 Å². The van der Waals surface area contributed by atoms with Crippen LogP contribution in [0.3, 0.4) is 0 Å². The molecule has 1 aromatic rings. The molecule has 0 fully saturated rings. The number of carboxylic acids is 1. The highest BCUT2D eigenvalue weighted by atomic mass is 16.5. The Kier molecular flexibility index (Phi) is 4.12. The van der Waals surface area contributed by atoms with Gasteiger partial charge in [0.2, 0.25) is 0 Å². The lowest BCUT2D eigenvalue weighted by Gasteiger charge is -2.28. The predicted molar refractivity (Wildman–Crippen MR) is 64.1 cm³/mol. The molecule has 0 aliphatic carbocycles. The number of rotatable bonds is 5. The molecule has 0 heterocycles. The van der Waals surface area contributed by atoms with Gasteiger partial charge in [-0.2, -0.15) is 0 Å². The molecule has 0 spiro atoms. The van der Waals surface area contributed by atoms with Gasteiger partial charge in [-0.15, -0.1) is 0 Å². The molecule has 2 N–H and O–H groups in total. The summed E-state index contributed by atoms with van der Waals surface area (Å²) < 4.78 is 5.17. The number of hydrogen-bond acceptors (Lipinski definition) is 3. The highest BCUT2D eigenvalue weighted by molar-refractivity contribution is 5.71. The normalized spacial score (nSPS) is 16.0. The quantitative estimate of drug-likeness (QED) is 0.819. The van der Waals surface area contributed by atoms with Crippen LogP contribution in [-0.4, -0.2) is 28.9 Å². The van der Waals surface area contributed by atoms with Crippen molar-refractivity contribution < 1.29 is 19.7 Å². The zero-order valence-electron chi connectivity index (χ0n) is 10.3. The van der Waals surface area contributed by atoms with Gasteiger partial charge in [-0.05, 0) is 25.5 Å². The standard InChI is InChI=1S/C13H18O4/c1-9(12(14)15)13(2,16)8-10-6-4-5-7-11(10)17-3/h4-7,9,16H,8H2,1-3H3,(H,14,15). The first-order chi connectivity index (χ1) is 7.88. The van der Waals surface area contributed by atoms with Gasteiger partial charge in [0.05, 0.1) is 18.6 Å². The third-order valence-corrected chi connectivity index (χ3v) is 3.04. The fourth-order valence-corrected chi connectivity index (χ4v) is 1.65. The molecule has 0 aliphatic rings. The fourth-order valence-electron chi connectivity index (χ4n) is 1.65. The molecular formula is C13H18O4. The molecule has 94 valence electrons. The van der Waals surface area contributed by atoms with Gasteiger partial charge >= 0.3 is 5.97 Å². The van der Waals surface area contributed by atoms with Gasteiger partial charge in [0.15, 0.2) is 0 Å². The largest absolute Gasteiger partial charge is 0.496 e. The molecule has 2 atom stereocenters. The first-order valence-corrected chi connectivity index (χ1v) is 5.45. The van der Waals surface area contributed by atoms with Crippen molar-refractivity contribution in [1.29, 1.82) is 0 Å². The van der Waals surface area contributed by atoms with E-state index in [1.807, 2.05) is 18.2 Å². The summed E-state index contributed by atoms with van der Waals surface area (Å²) >= 11 is 0. The highest BCUT2D eigenvalue weighted by Crippen LogP contribution is 2.27. The number of benzene rings is 1. The number of aliphatic carboxylic acids is 1. The molecule has 4 nitrogen and oxygen atoms in total. The van der Waals surface area contributed by atoms with E-state index in [1.54, 1.807) is 13.2 Å². The van der Waals surface area contributed by atoms with E-state index in [9.17, 15) is 9.90 Å². The molecule has 1 aromatic carbocycles. The number of aliphatic hydroxyl groups is 1. The van der Waals surface area contributed by atoms with Crippen LogP contribution in [0.15, 0.2) is 24.3 Å². The van der Waals surface area contributed by atoms with E-state index in [-0.39, 0.29) is 6.42 Å². The summed E-state index contributed by atoms with van der Waals surface area (Å²) in [6, 6.07) is 7.27. The fraction of sp³-hybridized carbons (Fsp3) is 0.462. The number of carboxylic acid groups (broad SMARTS) is 1. The van der Waals surface area contributed by atoms with Crippen LogP contribution >= 0.6 is 0 Å². The number of para-hydroxylation sites is 1. The zero-order chi connectivity index (χ0) is 13.1. The molecule has 17 heavy (non-hydrogen) atoms. The van der Waals surface area contributed by atoms with Crippen LogP contribution in [0.2, 0.25) is 0 Å². The third-order valence-electron chi connectivity index (χ3n) is 3.04. The molecule has 0 aliphatic heterocycles. The van der Waals surface area contributed by atoms with Crippen LogP contribution in [0.5, 0.6) is 5.75 Å². The Morgan fingerprint density at radius 2 is 2.06 bits per heavy atom. The van der Waals surface area contributed by atoms with Crippen LogP contribution in [0.1, 0.15) is 19.4 Å². The molecule has 1 rings (SSSR count). The Morgan fingerprint density at radius 3 is 2.59 bits per heavy atom. The van der Waals surface area contributed by atoms with Gasteiger partial charge in [-0.25, -0.2) is 0 Å². The molecule has 0 bridgehead atoms. The van der Waals surface area contributed by atoms with Crippen molar-refractivity contribution >= 4 is 5.97 Å². The Hall–Kier alpha value is -1.55. The summed E-state index contributed by atoms with van der Waals surface area (Å²) in [5.74, 6) is -1.19. The molecule has 2 unspecified atom stereocenters. The summed E-state index contributed by atoms with van der Waals surface area (Å²) in [4.78, 5) is 10.9. The van der Waals surface area contributed by atoms with Crippen molar-refractivity contribution in [1.82, 2.24) is 0 Å². The van der Waals surface area contributed by atoms with E-state index < -0.39 is 17.5 Å². The van der Waals surface area contributed by atoms with Crippen LogP contribution in [0.25, 0.3) is 0 Å². The SMILES string of the molecule is COc1ccccc1CC(C)(O)C(C)C(=O)O. The van der Waals surface area contributed by atoms with Gasteiger partial charge < -0.3 is 14.9 Å². The molecule has 0 radical (unpaired) electrons. The van der Waals surface area contributed by atoms with Crippen LogP contribution in [0, 0.1) is 5.92 Å². The lowest BCUT2D eigenvalue weighted by atomic mass is 9.85. The van der Waals surface area contributed by atoms with E-state index in [0.29, 0.717) is 5.75 Å². The van der Waals surface area contributed by atoms with Crippen LogP contribution in [-0.2, 0) is 11.2 Å². The Balaban J connectivity index is 2.93. The van der Waals surface area contributed by atoms with Crippen molar-refractivity contribution in [2.24, 2.45) is 5.92 Å². The average molecular weight is 238 g/mol. The monoisotopic (exact) mass is 238 g/mol. The lowest BCUT2D eigenvalue weighted by molar-refractivity contribution is -0.149. The average Bonchev–Trinajstić information content (AvgIpc) is 2.28. The number of hydrogen-bond donors (Lipinski definition) is 2. The van der Waals surface area contributed by atoms with Gasteiger partial charge in [0.25, 0.3) is 0 Å². The van der Waals surface area contributed by atoms with Crippen molar-refractivity contribution in [3.63, 3.8) is 0 Å². The van der Waals surface area contributed by atoms with Gasteiger partial charge in [0.1, 0.15) is 5.75 Å². The van der Waals surface area contributed by atoms with E-state index in [0.717, 1.165) is 5.56 Å². The Labute approximate surface area is 101 Å². The summed E-state index contributed by atoms with van der Waals surface area (Å²) in [7, 11) is 1.55. The van der Waals surface area contributed by atoms with Crippen molar-refractivity contribution in [3.8, 4) is 5.75 Å². The minimum absolute atomic E-state index is 0.241. The van der Waals surface area contributed by atoms with Gasteiger partial charge in [-0.1, -0.05) is 18.2 Å². The van der Waals surface area contributed by atoms with E-state index in [1.165, 1.54) is 13.8 Å². The second kappa shape index (κ2) is 5.19. The summed E-state index contributed by atoms with van der Waals surface area (Å²) in [6.07, 6.45) is 0.241. The molecular weight excluding hydrogens is 220 g/mol. The summed E-state index contributed by atoms with van der Waals surface area (Å²) in [5.41, 5.74) is -0.506. The predicted octanol–water partition coefficient (Wildman–Crippen LogP) is 1.71. The van der Waals surface area contributed by atoms with E-state index in [2.05, 4.69) is 0 Å². The number of methoxy groups -OCH3 is 1. The lowest BCUT2D eigenvalue weighted by Crippen LogP contribution is -2.39. The Bertz CT molecular complexity index is 398. The zero-order valence-corrected chi connectivity index (χ0v) is 10.3. The Morgan fingerprint density at radius 1 is 1.47 bits per heavy atom. The molecule has 0 amide bonds. The second-order valence-electron chi connectivity index (χ2n) is 4.41. The minimum atomic E-state index is -1.31. The first-order valence-electron chi connectivity index (χ1n) is 5.45. The van der Waals surface area contributed by atoms with E-state index in [4.69, 9.17) is 9.84 Å². The second-order valence-corrected chi connectivity index (χ2v) is 4.41. The number of ether oxygens (including phenoxy) is 1. The third kappa shape index (κ3) is 3.20. The number of carbonyl (C=O) groups is 1. The smallest absolute Gasteiger partial charge is 0.309 e. The maximum absolute atomic E-state index is 10.9. The van der Waals surface area contributed by atoms with Crippen LogP contribution in [0.4, 0.5) is 0 Å². The van der Waals surface area contributed by atoms with Crippen molar-refractivity contribution in [3.05, 3.63) is 29.8 Å². The van der Waals surface area contributed by atoms with Gasteiger partial charge in [0, 0.05) is 6.42 Å². The topological polar surface area (TPSA) is 66.8 Å². The van der Waals surface area contributed by atoms with Crippen LogP contribution < -0.4 is 4.74 Å². The molecule has 0 saturated heterocycles. The maximum Gasteiger partial charge on any atom is 0.309 e. The van der Waals surface area contributed by atoms with Crippen molar-refractivity contribution in [2.45, 2.75) is 25.9 Å².